The van der Waals surface area contributed by atoms with E-state index >= 15 is 0 Å². The predicted molar refractivity (Wildman–Crippen MR) is 101 cm³/mol. The minimum absolute atomic E-state index is 0.147. The summed E-state index contributed by atoms with van der Waals surface area (Å²) < 4.78 is 47.6. The van der Waals surface area contributed by atoms with Gasteiger partial charge in [0.05, 0.1) is 5.60 Å². The van der Waals surface area contributed by atoms with Gasteiger partial charge < -0.3 is 19.3 Å². The van der Waals surface area contributed by atoms with Gasteiger partial charge in [-0.1, -0.05) is 12.1 Å². The molecular formula is C21H27F3N2O3. The standard InChI is InChI=1S/C21H27F3N2O3/c1-2-26-15-19(29-20(7-8-20)18(26)27)9-12-25(13-10-19)11-6-16-4-3-5-17(14-16)28-21(22,23)24/h3-5,14H,2,6-13,15H2,1H3. The molecule has 3 aliphatic rings. The Morgan fingerprint density at radius 3 is 2.52 bits per heavy atom. The Bertz CT molecular complexity index is 756. The molecule has 0 aromatic heterocycles. The van der Waals surface area contributed by atoms with E-state index < -0.39 is 12.0 Å². The summed E-state index contributed by atoms with van der Waals surface area (Å²) in [4.78, 5) is 16.8. The first kappa shape index (κ1) is 20.5. The Balaban J connectivity index is 1.31. The molecule has 2 aliphatic heterocycles. The smallest absolute Gasteiger partial charge is 0.406 e. The van der Waals surface area contributed by atoms with Crippen molar-refractivity contribution >= 4 is 5.91 Å². The molecule has 2 saturated heterocycles. The number of likely N-dealkylation sites (tertiary alicyclic amines) is 1. The van der Waals surface area contributed by atoms with Crippen molar-refractivity contribution in [2.75, 3.05) is 32.7 Å². The topological polar surface area (TPSA) is 42.0 Å². The first-order valence-electron chi connectivity index (χ1n) is 10.3. The van der Waals surface area contributed by atoms with Crippen molar-refractivity contribution in [2.45, 2.75) is 56.6 Å². The number of rotatable bonds is 5. The van der Waals surface area contributed by atoms with Gasteiger partial charge in [-0.15, -0.1) is 13.2 Å². The van der Waals surface area contributed by atoms with Gasteiger partial charge in [0.2, 0.25) is 0 Å². The first-order chi connectivity index (χ1) is 13.7. The van der Waals surface area contributed by atoms with Gasteiger partial charge in [0.1, 0.15) is 11.4 Å². The third kappa shape index (κ3) is 4.53. The highest BCUT2D eigenvalue weighted by Gasteiger charge is 2.61. The molecule has 1 aliphatic carbocycles. The molecule has 0 N–H and O–H groups in total. The van der Waals surface area contributed by atoms with E-state index in [1.807, 2.05) is 17.9 Å². The summed E-state index contributed by atoms with van der Waals surface area (Å²) in [6.45, 7) is 5.88. The molecule has 1 aromatic carbocycles. The quantitative estimate of drug-likeness (QED) is 0.744. The van der Waals surface area contributed by atoms with Gasteiger partial charge in [0.15, 0.2) is 0 Å². The van der Waals surface area contributed by atoms with E-state index in [4.69, 9.17) is 4.74 Å². The number of piperidine rings is 1. The number of ether oxygens (including phenoxy) is 2. The van der Waals surface area contributed by atoms with Crippen LogP contribution in [0.3, 0.4) is 0 Å². The van der Waals surface area contributed by atoms with Crippen LogP contribution in [-0.4, -0.2) is 66.0 Å². The zero-order chi connectivity index (χ0) is 20.7. The molecule has 0 unspecified atom stereocenters. The molecule has 160 valence electrons. The lowest BCUT2D eigenvalue weighted by Crippen LogP contribution is -2.62. The van der Waals surface area contributed by atoms with Crippen LogP contribution in [0.25, 0.3) is 0 Å². The molecule has 0 atom stereocenters. The van der Waals surface area contributed by atoms with Crippen LogP contribution in [0.4, 0.5) is 13.2 Å². The highest BCUT2D eigenvalue weighted by Crippen LogP contribution is 2.49. The number of nitrogens with zero attached hydrogens (tertiary/aromatic N) is 2. The molecule has 4 rings (SSSR count). The van der Waals surface area contributed by atoms with Crippen LogP contribution in [0.1, 0.15) is 38.2 Å². The molecule has 5 nitrogen and oxygen atoms in total. The van der Waals surface area contributed by atoms with E-state index in [1.165, 1.54) is 12.1 Å². The normalized spacial score (nSPS) is 23.6. The molecule has 8 heteroatoms. The number of carbonyl (C=O) groups excluding carboxylic acids is 1. The molecular weight excluding hydrogens is 385 g/mol. The molecule has 1 saturated carbocycles. The largest absolute Gasteiger partial charge is 0.573 e. The third-order valence-electron chi connectivity index (χ3n) is 6.27. The second-order valence-corrected chi connectivity index (χ2v) is 8.39. The minimum Gasteiger partial charge on any atom is -0.406 e. The molecule has 29 heavy (non-hydrogen) atoms. The van der Waals surface area contributed by atoms with Gasteiger partial charge in [-0.3, -0.25) is 4.79 Å². The first-order valence-corrected chi connectivity index (χ1v) is 10.3. The third-order valence-corrected chi connectivity index (χ3v) is 6.27. The van der Waals surface area contributed by atoms with Crippen LogP contribution in [-0.2, 0) is 16.0 Å². The van der Waals surface area contributed by atoms with E-state index in [2.05, 4.69) is 9.64 Å². The van der Waals surface area contributed by atoms with Crippen LogP contribution in [0.5, 0.6) is 5.75 Å². The summed E-state index contributed by atoms with van der Waals surface area (Å²) in [5.74, 6) is -0.0312. The zero-order valence-electron chi connectivity index (χ0n) is 16.6. The maximum absolute atomic E-state index is 12.5. The van der Waals surface area contributed by atoms with Gasteiger partial charge in [-0.25, -0.2) is 0 Å². The zero-order valence-corrected chi connectivity index (χ0v) is 16.6. The predicted octanol–water partition coefficient (Wildman–Crippen LogP) is 3.37. The van der Waals surface area contributed by atoms with Crippen LogP contribution < -0.4 is 4.74 Å². The number of morpholine rings is 1. The van der Waals surface area contributed by atoms with Crippen molar-refractivity contribution in [1.29, 1.82) is 0 Å². The highest BCUT2D eigenvalue weighted by atomic mass is 19.4. The maximum atomic E-state index is 12.5. The molecule has 1 aromatic rings. The Labute approximate surface area is 168 Å². The van der Waals surface area contributed by atoms with E-state index in [0.29, 0.717) is 19.5 Å². The second kappa shape index (κ2) is 7.47. The van der Waals surface area contributed by atoms with Crippen molar-refractivity contribution in [2.24, 2.45) is 0 Å². The second-order valence-electron chi connectivity index (χ2n) is 8.39. The molecule has 2 spiro atoms. The summed E-state index contributed by atoms with van der Waals surface area (Å²) in [7, 11) is 0. The van der Waals surface area contributed by atoms with Crippen molar-refractivity contribution in [3.05, 3.63) is 29.8 Å². The Morgan fingerprint density at radius 2 is 1.90 bits per heavy atom. The fourth-order valence-corrected chi connectivity index (χ4v) is 4.51. The van der Waals surface area contributed by atoms with E-state index in [0.717, 1.165) is 50.9 Å². The van der Waals surface area contributed by atoms with Gasteiger partial charge in [-0.05, 0) is 56.7 Å². The summed E-state index contributed by atoms with van der Waals surface area (Å²) in [6.07, 6.45) is -0.626. The fraction of sp³-hybridized carbons (Fsp3) is 0.667. The summed E-state index contributed by atoms with van der Waals surface area (Å²) in [5.41, 5.74) is 0.00728. The fourth-order valence-electron chi connectivity index (χ4n) is 4.51. The Kier molecular flexibility index (Phi) is 5.27. The lowest BCUT2D eigenvalue weighted by Gasteiger charge is -2.50. The summed E-state index contributed by atoms with van der Waals surface area (Å²) >= 11 is 0. The maximum Gasteiger partial charge on any atom is 0.573 e. The lowest BCUT2D eigenvalue weighted by atomic mass is 9.87. The number of alkyl halides is 3. The van der Waals surface area contributed by atoms with Gasteiger partial charge in [0.25, 0.3) is 5.91 Å². The van der Waals surface area contributed by atoms with Crippen molar-refractivity contribution in [3.8, 4) is 5.75 Å². The van der Waals surface area contributed by atoms with Crippen molar-refractivity contribution in [1.82, 2.24) is 9.80 Å². The minimum atomic E-state index is -4.67. The highest BCUT2D eigenvalue weighted by molar-refractivity contribution is 5.89. The molecule has 3 fully saturated rings. The van der Waals surface area contributed by atoms with Gasteiger partial charge in [0, 0.05) is 32.7 Å². The monoisotopic (exact) mass is 412 g/mol. The van der Waals surface area contributed by atoms with E-state index in [1.54, 1.807) is 6.07 Å². The van der Waals surface area contributed by atoms with Crippen LogP contribution in [0, 0.1) is 0 Å². The van der Waals surface area contributed by atoms with E-state index in [9.17, 15) is 18.0 Å². The number of halogens is 3. The Hall–Kier alpha value is -1.80. The molecule has 2 heterocycles. The number of benzene rings is 1. The number of hydrogen-bond acceptors (Lipinski definition) is 4. The molecule has 0 radical (unpaired) electrons. The van der Waals surface area contributed by atoms with Crippen LogP contribution >= 0.6 is 0 Å². The summed E-state index contributed by atoms with van der Waals surface area (Å²) in [5, 5.41) is 0. The van der Waals surface area contributed by atoms with Crippen LogP contribution in [0.15, 0.2) is 24.3 Å². The van der Waals surface area contributed by atoms with Gasteiger partial charge >= 0.3 is 6.36 Å². The van der Waals surface area contributed by atoms with Crippen molar-refractivity contribution in [3.63, 3.8) is 0 Å². The summed E-state index contributed by atoms with van der Waals surface area (Å²) in [6, 6.07) is 6.17. The van der Waals surface area contributed by atoms with E-state index in [-0.39, 0.29) is 17.3 Å². The number of likely N-dealkylation sites (N-methyl/N-ethyl adjacent to an activating group) is 1. The molecule has 0 bridgehead atoms. The SMILES string of the molecule is CCN1CC2(CCN(CCc3cccc(OC(F)(F)F)c3)CC2)OC2(CC2)C1=O. The number of carbonyl (C=O) groups is 1. The average molecular weight is 412 g/mol. The van der Waals surface area contributed by atoms with Crippen LogP contribution in [0.2, 0.25) is 0 Å². The average Bonchev–Trinajstić information content (AvgIpc) is 3.43. The van der Waals surface area contributed by atoms with Crippen molar-refractivity contribution < 1.29 is 27.4 Å². The molecule has 1 amide bonds. The Morgan fingerprint density at radius 1 is 1.17 bits per heavy atom. The lowest BCUT2D eigenvalue weighted by molar-refractivity contribution is -0.274. The number of hydrogen-bond donors (Lipinski definition) is 0. The van der Waals surface area contributed by atoms with Gasteiger partial charge in [-0.2, -0.15) is 0 Å². The number of amides is 1.